The maximum atomic E-state index is 14.4. The average Bonchev–Trinajstić information content (AvgIpc) is 2.47. The van der Waals surface area contributed by atoms with Gasteiger partial charge in [-0.1, -0.05) is 38.1 Å². The van der Waals surface area contributed by atoms with Crippen molar-refractivity contribution >= 4 is 21.5 Å². The quantitative estimate of drug-likeness (QED) is 0.547. The fourth-order valence-corrected chi connectivity index (χ4v) is 2.71. The number of hydrogen-bond donors (Lipinski definition) is 0. The number of rotatable bonds is 2. The first-order valence-corrected chi connectivity index (χ1v) is 6.98. The predicted molar refractivity (Wildman–Crippen MR) is 80.1 cm³/mol. The monoisotopic (exact) mass is 270 g/mol. The van der Waals surface area contributed by atoms with Gasteiger partial charge < -0.3 is 0 Å². The third-order valence-electron chi connectivity index (χ3n) is 3.95. The van der Waals surface area contributed by atoms with Crippen molar-refractivity contribution in [3.8, 4) is 0 Å². The van der Waals surface area contributed by atoms with Gasteiger partial charge in [-0.2, -0.15) is 0 Å². The van der Waals surface area contributed by atoms with E-state index >= 15 is 0 Å². The molecular formula is C18H16F2. The van der Waals surface area contributed by atoms with Crippen molar-refractivity contribution in [1.82, 2.24) is 0 Å². The molecule has 0 spiro atoms. The fourth-order valence-electron chi connectivity index (χ4n) is 2.71. The second-order valence-electron chi connectivity index (χ2n) is 5.08. The summed E-state index contributed by atoms with van der Waals surface area (Å²) in [5.41, 5.74) is 1.34. The minimum Gasteiger partial charge on any atom is -0.206 e. The zero-order chi connectivity index (χ0) is 14.3. The molecule has 20 heavy (non-hydrogen) atoms. The van der Waals surface area contributed by atoms with Gasteiger partial charge in [0.1, 0.15) is 11.6 Å². The van der Waals surface area contributed by atoms with E-state index < -0.39 is 0 Å². The molecule has 0 aromatic heterocycles. The van der Waals surface area contributed by atoms with Gasteiger partial charge in [0, 0.05) is 10.8 Å². The lowest BCUT2D eigenvalue weighted by Gasteiger charge is -2.09. The lowest BCUT2D eigenvalue weighted by Crippen LogP contribution is -1.93. The van der Waals surface area contributed by atoms with Gasteiger partial charge in [0.2, 0.25) is 0 Å². The van der Waals surface area contributed by atoms with Crippen LogP contribution in [0.4, 0.5) is 8.78 Å². The van der Waals surface area contributed by atoms with Crippen LogP contribution in [0.2, 0.25) is 0 Å². The molecule has 0 amide bonds. The standard InChI is InChI=1S/C18H16F2/c1-3-11-5-7-13-9-14-8-6-12(4-2)18(20)16(14)10-15(13)17(11)19/h5-10H,3-4H2,1-2H3. The van der Waals surface area contributed by atoms with Gasteiger partial charge in [-0.15, -0.1) is 0 Å². The molecule has 0 bridgehead atoms. The molecule has 0 saturated carbocycles. The van der Waals surface area contributed by atoms with Crippen LogP contribution in [0, 0.1) is 11.6 Å². The Labute approximate surface area is 117 Å². The molecule has 2 heteroatoms. The highest BCUT2D eigenvalue weighted by Crippen LogP contribution is 2.29. The topological polar surface area (TPSA) is 0 Å². The van der Waals surface area contributed by atoms with Crippen molar-refractivity contribution in [3.05, 3.63) is 59.2 Å². The molecule has 0 N–H and O–H groups in total. The van der Waals surface area contributed by atoms with Crippen molar-refractivity contribution in [1.29, 1.82) is 0 Å². The van der Waals surface area contributed by atoms with Gasteiger partial charge in [-0.25, -0.2) is 8.78 Å². The SMILES string of the molecule is CCc1ccc2cc3ccc(CC)c(F)c3cc2c1F. The van der Waals surface area contributed by atoms with Crippen LogP contribution < -0.4 is 0 Å². The van der Waals surface area contributed by atoms with Crippen molar-refractivity contribution in [2.45, 2.75) is 26.7 Å². The zero-order valence-electron chi connectivity index (χ0n) is 11.6. The maximum Gasteiger partial charge on any atom is 0.134 e. The third kappa shape index (κ3) is 1.87. The normalized spacial score (nSPS) is 11.4. The Morgan fingerprint density at radius 2 is 1.15 bits per heavy atom. The van der Waals surface area contributed by atoms with Crippen LogP contribution in [0.15, 0.2) is 36.4 Å². The Hall–Kier alpha value is -1.96. The van der Waals surface area contributed by atoms with Gasteiger partial charge in [0.25, 0.3) is 0 Å². The van der Waals surface area contributed by atoms with E-state index in [-0.39, 0.29) is 11.6 Å². The molecule has 0 fully saturated rings. The number of aryl methyl sites for hydroxylation is 2. The Kier molecular flexibility index (Phi) is 3.17. The summed E-state index contributed by atoms with van der Waals surface area (Å²) in [6, 6.07) is 10.9. The lowest BCUT2D eigenvalue weighted by atomic mass is 9.98. The summed E-state index contributed by atoms with van der Waals surface area (Å²) >= 11 is 0. The number of hydrogen-bond acceptors (Lipinski definition) is 0. The van der Waals surface area contributed by atoms with E-state index in [4.69, 9.17) is 0 Å². The minimum atomic E-state index is -0.229. The van der Waals surface area contributed by atoms with Crippen LogP contribution in [0.25, 0.3) is 21.5 Å². The molecule has 0 aliphatic carbocycles. The Morgan fingerprint density at radius 3 is 1.55 bits per heavy atom. The summed E-state index contributed by atoms with van der Waals surface area (Å²) in [6.07, 6.45) is 1.27. The first kappa shape index (κ1) is 13.0. The van der Waals surface area contributed by atoms with Gasteiger partial charge in [0.05, 0.1) is 0 Å². The molecule has 0 aliphatic rings. The highest BCUT2D eigenvalue weighted by Gasteiger charge is 2.11. The first-order valence-electron chi connectivity index (χ1n) is 6.98. The average molecular weight is 270 g/mol. The fraction of sp³-hybridized carbons (Fsp3) is 0.222. The summed E-state index contributed by atoms with van der Waals surface area (Å²) in [7, 11) is 0. The molecule has 0 nitrogen and oxygen atoms in total. The number of benzene rings is 3. The van der Waals surface area contributed by atoms with Crippen LogP contribution in [-0.2, 0) is 12.8 Å². The third-order valence-corrected chi connectivity index (χ3v) is 3.95. The van der Waals surface area contributed by atoms with E-state index in [2.05, 4.69) is 0 Å². The Morgan fingerprint density at radius 1 is 0.700 bits per heavy atom. The van der Waals surface area contributed by atoms with Gasteiger partial charge in [0.15, 0.2) is 0 Å². The van der Waals surface area contributed by atoms with Crippen LogP contribution in [0.5, 0.6) is 0 Å². The van der Waals surface area contributed by atoms with Crippen LogP contribution in [-0.4, -0.2) is 0 Å². The lowest BCUT2D eigenvalue weighted by molar-refractivity contribution is 0.622. The highest BCUT2D eigenvalue weighted by atomic mass is 19.1. The Bertz CT molecular complexity index is 738. The molecule has 3 rings (SSSR count). The van der Waals surface area contributed by atoms with E-state index in [1.807, 2.05) is 32.0 Å². The van der Waals surface area contributed by atoms with Crippen molar-refractivity contribution in [2.75, 3.05) is 0 Å². The summed E-state index contributed by atoms with van der Waals surface area (Å²) in [6.45, 7) is 3.84. The van der Waals surface area contributed by atoms with Crippen molar-refractivity contribution in [2.24, 2.45) is 0 Å². The van der Waals surface area contributed by atoms with Crippen molar-refractivity contribution in [3.63, 3.8) is 0 Å². The van der Waals surface area contributed by atoms with E-state index in [1.165, 1.54) is 0 Å². The van der Waals surface area contributed by atoms with E-state index in [0.717, 1.165) is 10.8 Å². The van der Waals surface area contributed by atoms with E-state index in [9.17, 15) is 8.78 Å². The molecule has 0 heterocycles. The molecule has 3 aromatic rings. The van der Waals surface area contributed by atoms with Crippen LogP contribution >= 0.6 is 0 Å². The molecule has 0 saturated heterocycles. The summed E-state index contributed by atoms with van der Waals surface area (Å²) < 4.78 is 28.8. The van der Waals surface area contributed by atoms with E-state index in [0.29, 0.717) is 34.7 Å². The molecular weight excluding hydrogens is 254 g/mol. The molecule has 0 unspecified atom stereocenters. The number of fused-ring (bicyclic) bond motifs is 2. The summed E-state index contributed by atoms with van der Waals surface area (Å²) in [4.78, 5) is 0. The molecule has 0 aliphatic heterocycles. The summed E-state index contributed by atoms with van der Waals surface area (Å²) in [5, 5.41) is 2.64. The Balaban J connectivity index is 2.42. The minimum absolute atomic E-state index is 0.229. The van der Waals surface area contributed by atoms with Crippen LogP contribution in [0.1, 0.15) is 25.0 Å². The second kappa shape index (κ2) is 4.86. The van der Waals surface area contributed by atoms with Gasteiger partial charge in [-0.3, -0.25) is 0 Å². The largest absolute Gasteiger partial charge is 0.206 e. The van der Waals surface area contributed by atoms with Crippen molar-refractivity contribution < 1.29 is 8.78 Å². The molecule has 0 atom stereocenters. The molecule has 102 valence electrons. The summed E-state index contributed by atoms with van der Waals surface area (Å²) in [5.74, 6) is -0.457. The molecule has 3 aromatic carbocycles. The number of halogens is 2. The zero-order valence-corrected chi connectivity index (χ0v) is 11.6. The van der Waals surface area contributed by atoms with Gasteiger partial charge in [-0.05, 0) is 46.9 Å². The predicted octanol–water partition coefficient (Wildman–Crippen LogP) is 5.40. The first-order chi connectivity index (χ1) is 9.65. The van der Waals surface area contributed by atoms with E-state index in [1.54, 1.807) is 18.2 Å². The molecule has 0 radical (unpaired) electrons. The van der Waals surface area contributed by atoms with Gasteiger partial charge >= 0.3 is 0 Å². The smallest absolute Gasteiger partial charge is 0.134 e. The maximum absolute atomic E-state index is 14.4. The van der Waals surface area contributed by atoms with Crippen LogP contribution in [0.3, 0.4) is 0 Å². The highest BCUT2D eigenvalue weighted by molar-refractivity contribution is 5.99. The second-order valence-corrected chi connectivity index (χ2v) is 5.08.